The summed E-state index contributed by atoms with van der Waals surface area (Å²) in [5.74, 6) is 1.72. The third kappa shape index (κ3) is 4.59. The van der Waals surface area contributed by atoms with E-state index < -0.39 is 0 Å². The molecule has 0 fully saturated rings. The van der Waals surface area contributed by atoms with Crippen molar-refractivity contribution in [2.75, 3.05) is 19.6 Å². The molecule has 0 amide bonds. The van der Waals surface area contributed by atoms with Gasteiger partial charge in [0.05, 0.1) is 6.54 Å². The van der Waals surface area contributed by atoms with E-state index in [1.54, 1.807) is 19.1 Å². The Balaban J connectivity index is 1.54. The lowest BCUT2D eigenvalue weighted by Gasteiger charge is -2.10. The van der Waals surface area contributed by atoms with Crippen molar-refractivity contribution < 1.29 is 8.91 Å². The minimum absolute atomic E-state index is 0.225. The summed E-state index contributed by atoms with van der Waals surface area (Å²) in [5.41, 5.74) is 2.01. The Hall–Kier alpha value is -2.90. The van der Waals surface area contributed by atoms with E-state index in [0.29, 0.717) is 31.2 Å². The van der Waals surface area contributed by atoms with Crippen LogP contribution in [0.4, 0.5) is 4.39 Å². The molecule has 26 heavy (non-hydrogen) atoms. The molecular formula is C18H23FN6O. The Labute approximate surface area is 151 Å². The second-order valence-electron chi connectivity index (χ2n) is 5.93. The van der Waals surface area contributed by atoms with Crippen LogP contribution < -0.4 is 10.6 Å². The number of H-pyrrole nitrogens is 1. The van der Waals surface area contributed by atoms with E-state index in [2.05, 4.69) is 30.8 Å². The number of hydrogen-bond donors (Lipinski definition) is 3. The van der Waals surface area contributed by atoms with Gasteiger partial charge in [-0.3, -0.25) is 4.99 Å². The Morgan fingerprint density at radius 2 is 2.19 bits per heavy atom. The Bertz CT molecular complexity index is 885. The molecule has 0 saturated heterocycles. The first-order valence-electron chi connectivity index (χ1n) is 8.72. The van der Waals surface area contributed by atoms with Crippen LogP contribution in [0.25, 0.3) is 10.9 Å². The summed E-state index contributed by atoms with van der Waals surface area (Å²) in [5, 5.41) is 11.2. The van der Waals surface area contributed by atoms with Crippen LogP contribution in [-0.4, -0.2) is 40.7 Å². The van der Waals surface area contributed by atoms with Crippen LogP contribution in [0.5, 0.6) is 0 Å². The zero-order valence-electron chi connectivity index (χ0n) is 15.0. The largest absolute Gasteiger partial charge is 0.361 e. The number of fused-ring (bicyclic) bond motifs is 1. The molecule has 0 saturated carbocycles. The van der Waals surface area contributed by atoms with Gasteiger partial charge in [-0.05, 0) is 44.0 Å². The Kier molecular flexibility index (Phi) is 5.83. The van der Waals surface area contributed by atoms with Crippen LogP contribution in [0.1, 0.15) is 24.2 Å². The number of guanidine groups is 1. The lowest BCUT2D eigenvalue weighted by molar-refractivity contribution is 0.376. The van der Waals surface area contributed by atoms with Crippen molar-refractivity contribution in [3.8, 4) is 0 Å². The quantitative estimate of drug-likeness (QED) is 0.445. The standard InChI is InChI=1S/C18H23FN6O/c1-3-20-18(22-9-7-17-24-12(2)25-26-17)21-8-6-13-11-23-16-5-4-14(19)10-15(13)16/h4-5,10-11,23H,3,6-9H2,1-2H3,(H2,20,21,22). The van der Waals surface area contributed by atoms with Gasteiger partial charge in [0.1, 0.15) is 5.82 Å². The lowest BCUT2D eigenvalue weighted by Crippen LogP contribution is -2.38. The number of rotatable bonds is 7. The molecule has 0 atom stereocenters. The highest BCUT2D eigenvalue weighted by molar-refractivity contribution is 5.83. The molecule has 3 rings (SSSR count). The van der Waals surface area contributed by atoms with Crippen molar-refractivity contribution in [1.82, 2.24) is 25.8 Å². The summed E-state index contributed by atoms with van der Waals surface area (Å²) in [6, 6.07) is 4.78. The third-order valence-electron chi connectivity index (χ3n) is 3.93. The van der Waals surface area contributed by atoms with Crippen LogP contribution in [0, 0.1) is 12.7 Å². The number of hydrogen-bond acceptors (Lipinski definition) is 4. The molecule has 8 heteroatoms. The molecule has 3 N–H and O–H groups in total. The number of nitrogens with zero attached hydrogens (tertiary/aromatic N) is 3. The Morgan fingerprint density at radius 1 is 1.31 bits per heavy atom. The number of aromatic amines is 1. The van der Waals surface area contributed by atoms with E-state index >= 15 is 0 Å². The second-order valence-corrected chi connectivity index (χ2v) is 5.93. The first-order valence-corrected chi connectivity index (χ1v) is 8.72. The summed E-state index contributed by atoms with van der Waals surface area (Å²) in [7, 11) is 0. The van der Waals surface area contributed by atoms with E-state index in [4.69, 9.17) is 4.52 Å². The fourth-order valence-corrected chi connectivity index (χ4v) is 2.72. The van der Waals surface area contributed by atoms with Crippen LogP contribution >= 0.6 is 0 Å². The van der Waals surface area contributed by atoms with Gasteiger partial charge in [-0.2, -0.15) is 4.98 Å². The number of benzene rings is 1. The number of aliphatic imine (C=N–C) groups is 1. The van der Waals surface area contributed by atoms with Crippen molar-refractivity contribution in [2.24, 2.45) is 4.99 Å². The van der Waals surface area contributed by atoms with Gasteiger partial charge < -0.3 is 20.1 Å². The molecule has 0 radical (unpaired) electrons. The fraction of sp³-hybridized carbons (Fsp3) is 0.389. The summed E-state index contributed by atoms with van der Waals surface area (Å²) in [6.07, 6.45) is 3.28. The van der Waals surface area contributed by atoms with Gasteiger partial charge in [0.25, 0.3) is 0 Å². The maximum atomic E-state index is 13.4. The zero-order chi connectivity index (χ0) is 18.4. The van der Waals surface area contributed by atoms with Crippen LogP contribution in [0.2, 0.25) is 0 Å². The van der Waals surface area contributed by atoms with Gasteiger partial charge in [-0.15, -0.1) is 0 Å². The Morgan fingerprint density at radius 3 is 2.96 bits per heavy atom. The minimum Gasteiger partial charge on any atom is -0.361 e. The molecule has 0 aliphatic carbocycles. The molecular weight excluding hydrogens is 335 g/mol. The monoisotopic (exact) mass is 358 g/mol. The summed E-state index contributed by atoms with van der Waals surface area (Å²) in [4.78, 5) is 11.8. The predicted octanol–water partition coefficient (Wildman–Crippen LogP) is 2.34. The number of nitrogens with one attached hydrogen (secondary N) is 3. The highest BCUT2D eigenvalue weighted by atomic mass is 19.1. The number of halogens is 1. The van der Waals surface area contributed by atoms with Gasteiger partial charge in [-0.1, -0.05) is 5.16 Å². The highest BCUT2D eigenvalue weighted by Gasteiger charge is 2.06. The van der Waals surface area contributed by atoms with Crippen molar-refractivity contribution in [3.05, 3.63) is 47.5 Å². The van der Waals surface area contributed by atoms with Gasteiger partial charge in [-0.25, -0.2) is 4.39 Å². The summed E-state index contributed by atoms with van der Waals surface area (Å²) < 4.78 is 18.5. The van der Waals surface area contributed by atoms with E-state index in [9.17, 15) is 4.39 Å². The molecule has 0 aliphatic heterocycles. The van der Waals surface area contributed by atoms with Crippen molar-refractivity contribution >= 4 is 16.9 Å². The van der Waals surface area contributed by atoms with Gasteiger partial charge in [0.2, 0.25) is 5.89 Å². The molecule has 138 valence electrons. The fourth-order valence-electron chi connectivity index (χ4n) is 2.72. The molecule has 0 unspecified atom stereocenters. The molecule has 1 aromatic carbocycles. The van der Waals surface area contributed by atoms with Crippen molar-refractivity contribution in [3.63, 3.8) is 0 Å². The average Bonchev–Trinajstić information content (AvgIpc) is 3.21. The van der Waals surface area contributed by atoms with Crippen molar-refractivity contribution in [2.45, 2.75) is 26.7 Å². The van der Waals surface area contributed by atoms with E-state index in [0.717, 1.165) is 35.4 Å². The minimum atomic E-state index is -0.225. The van der Waals surface area contributed by atoms with Crippen LogP contribution in [-0.2, 0) is 12.8 Å². The maximum Gasteiger partial charge on any atom is 0.228 e. The number of aryl methyl sites for hydroxylation is 1. The molecule has 2 aromatic heterocycles. The molecule has 2 heterocycles. The average molecular weight is 358 g/mol. The van der Waals surface area contributed by atoms with Gasteiger partial charge >= 0.3 is 0 Å². The van der Waals surface area contributed by atoms with Crippen molar-refractivity contribution in [1.29, 1.82) is 0 Å². The van der Waals surface area contributed by atoms with Crippen LogP contribution in [0.15, 0.2) is 33.9 Å². The molecule has 7 nitrogen and oxygen atoms in total. The second kappa shape index (κ2) is 8.46. The molecule has 3 aromatic rings. The van der Waals surface area contributed by atoms with Gasteiger partial charge in [0, 0.05) is 36.6 Å². The SMILES string of the molecule is CCNC(=NCCc1nc(C)no1)NCCc1c[nH]c2ccc(F)cc12. The smallest absolute Gasteiger partial charge is 0.228 e. The highest BCUT2D eigenvalue weighted by Crippen LogP contribution is 2.19. The zero-order valence-corrected chi connectivity index (χ0v) is 15.0. The third-order valence-corrected chi connectivity index (χ3v) is 3.93. The van der Waals surface area contributed by atoms with E-state index in [-0.39, 0.29) is 5.82 Å². The first-order chi connectivity index (χ1) is 12.7. The molecule has 0 spiro atoms. The van der Waals surface area contributed by atoms with Crippen LogP contribution in [0.3, 0.4) is 0 Å². The van der Waals surface area contributed by atoms with Gasteiger partial charge in [0.15, 0.2) is 11.8 Å². The topological polar surface area (TPSA) is 91.1 Å². The molecule has 0 bridgehead atoms. The predicted molar refractivity (Wildman–Crippen MR) is 98.7 cm³/mol. The normalized spacial score (nSPS) is 11.9. The van der Waals surface area contributed by atoms with E-state index in [1.807, 2.05) is 13.1 Å². The molecule has 0 aliphatic rings. The summed E-state index contributed by atoms with van der Waals surface area (Å²) in [6.45, 7) is 5.81. The summed E-state index contributed by atoms with van der Waals surface area (Å²) >= 11 is 0. The number of aromatic nitrogens is 3. The van der Waals surface area contributed by atoms with E-state index in [1.165, 1.54) is 6.07 Å². The lowest BCUT2D eigenvalue weighted by atomic mass is 10.1. The maximum absolute atomic E-state index is 13.4. The first kappa shape index (κ1) is 17.9.